The number of hydrogen-bond donors (Lipinski definition) is 0. The lowest BCUT2D eigenvalue weighted by Crippen LogP contribution is -2.43. The second kappa shape index (κ2) is 11.9. The third-order valence-corrected chi connectivity index (χ3v) is 8.99. The van der Waals surface area contributed by atoms with Gasteiger partial charge < -0.3 is 14.2 Å². The summed E-state index contributed by atoms with van der Waals surface area (Å²) in [5, 5.41) is 3.41. The first-order valence-corrected chi connectivity index (χ1v) is 13.9. The van der Waals surface area contributed by atoms with Crippen molar-refractivity contribution in [2.45, 2.75) is 57.8 Å². The van der Waals surface area contributed by atoms with E-state index in [2.05, 4.69) is 29.1 Å². The Hall–Kier alpha value is -2.93. The molecule has 0 saturated heterocycles. The van der Waals surface area contributed by atoms with Crippen LogP contribution in [0.4, 0.5) is 0 Å². The molecular formula is C30H37N3O5. The summed E-state index contributed by atoms with van der Waals surface area (Å²) in [5.41, 5.74) is 13.4. The summed E-state index contributed by atoms with van der Waals surface area (Å²) < 4.78 is 16.7. The molecule has 0 aliphatic heterocycles. The first kappa shape index (κ1) is 26.7. The van der Waals surface area contributed by atoms with Crippen LogP contribution in [-0.4, -0.2) is 51.1 Å². The zero-order valence-corrected chi connectivity index (χ0v) is 22.2. The van der Waals surface area contributed by atoms with E-state index in [1.165, 1.54) is 22.3 Å². The molecule has 0 bridgehead atoms. The third-order valence-electron chi connectivity index (χ3n) is 8.99. The van der Waals surface area contributed by atoms with Crippen molar-refractivity contribution in [2.75, 3.05) is 39.6 Å². The van der Waals surface area contributed by atoms with E-state index in [4.69, 9.17) is 19.7 Å². The summed E-state index contributed by atoms with van der Waals surface area (Å²) in [6.45, 7) is 4.72. The topological polar surface area (TPSA) is 111 Å². The standard InChI is InChI=1S/C30H37N3O5/c1-30-19-26(20-2-6-23(7-3-20)38-17-16-37-15-14-36-13-12-32-33-31)29-24-9-5-22(34)18-21(24)4-8-25(29)27(30)10-11-28(30)35/h2-3,6-7,18,25-27H,4-5,8-17,19H2,1H3/t25?,26-,27?,30+/m1/s1. The van der Waals surface area contributed by atoms with E-state index in [0.717, 1.165) is 37.9 Å². The molecule has 4 aliphatic rings. The van der Waals surface area contributed by atoms with Crippen LogP contribution in [-0.2, 0) is 19.1 Å². The molecule has 202 valence electrons. The number of rotatable bonds is 11. The van der Waals surface area contributed by atoms with E-state index in [9.17, 15) is 9.59 Å². The number of azide groups is 1. The van der Waals surface area contributed by atoms with Crippen LogP contribution >= 0.6 is 0 Å². The number of ketones is 2. The molecule has 4 atom stereocenters. The molecule has 0 amide bonds. The number of ether oxygens (including phenoxy) is 3. The fourth-order valence-corrected chi connectivity index (χ4v) is 7.22. The molecule has 1 aromatic rings. The van der Waals surface area contributed by atoms with Crippen LogP contribution in [0.3, 0.4) is 0 Å². The van der Waals surface area contributed by atoms with Crippen molar-refractivity contribution in [3.8, 4) is 5.75 Å². The molecule has 4 aliphatic carbocycles. The molecule has 1 aromatic carbocycles. The molecule has 8 nitrogen and oxygen atoms in total. The van der Waals surface area contributed by atoms with Crippen molar-refractivity contribution in [1.29, 1.82) is 0 Å². The Morgan fingerprint density at radius 2 is 1.74 bits per heavy atom. The second-order valence-corrected chi connectivity index (χ2v) is 11.1. The summed E-state index contributed by atoms with van der Waals surface area (Å²) in [4.78, 5) is 27.9. The lowest BCUT2D eigenvalue weighted by Gasteiger charge is -2.50. The number of carbonyl (C=O) groups is 2. The van der Waals surface area contributed by atoms with Gasteiger partial charge in [-0.1, -0.05) is 29.7 Å². The Morgan fingerprint density at radius 3 is 2.53 bits per heavy atom. The minimum absolute atomic E-state index is 0.200. The van der Waals surface area contributed by atoms with Gasteiger partial charge in [0.1, 0.15) is 18.1 Å². The summed E-state index contributed by atoms with van der Waals surface area (Å²) in [6, 6.07) is 8.34. The monoisotopic (exact) mass is 519 g/mol. The number of nitrogens with zero attached hydrogens (tertiary/aromatic N) is 3. The number of Topliss-reactive ketones (excluding diaryl/α,β-unsaturated/α-hetero) is 1. The van der Waals surface area contributed by atoms with Gasteiger partial charge in [-0.2, -0.15) is 0 Å². The van der Waals surface area contributed by atoms with Gasteiger partial charge in [0.05, 0.1) is 26.4 Å². The maximum Gasteiger partial charge on any atom is 0.156 e. The molecule has 2 unspecified atom stereocenters. The van der Waals surface area contributed by atoms with Crippen LogP contribution in [0, 0.1) is 17.3 Å². The van der Waals surface area contributed by atoms with Crippen LogP contribution in [0.5, 0.6) is 5.75 Å². The quantitative estimate of drug-likeness (QED) is 0.157. The van der Waals surface area contributed by atoms with Crippen LogP contribution < -0.4 is 4.74 Å². The Morgan fingerprint density at radius 1 is 0.974 bits per heavy atom. The molecule has 0 heterocycles. The van der Waals surface area contributed by atoms with Gasteiger partial charge in [0.25, 0.3) is 0 Å². The Bertz CT molecular complexity index is 1170. The van der Waals surface area contributed by atoms with Crippen molar-refractivity contribution in [2.24, 2.45) is 22.4 Å². The lowest BCUT2D eigenvalue weighted by atomic mass is 9.53. The molecule has 8 heteroatoms. The van der Waals surface area contributed by atoms with Gasteiger partial charge in [-0.3, -0.25) is 9.59 Å². The zero-order valence-electron chi connectivity index (χ0n) is 22.2. The summed E-state index contributed by atoms with van der Waals surface area (Å²) in [7, 11) is 0. The average Bonchev–Trinajstić information content (AvgIpc) is 3.23. The minimum Gasteiger partial charge on any atom is -0.491 e. The van der Waals surface area contributed by atoms with Crippen molar-refractivity contribution in [3.63, 3.8) is 0 Å². The maximum atomic E-state index is 13.1. The van der Waals surface area contributed by atoms with E-state index in [-0.39, 0.29) is 17.1 Å². The highest BCUT2D eigenvalue weighted by Gasteiger charge is 2.56. The second-order valence-electron chi connectivity index (χ2n) is 11.1. The van der Waals surface area contributed by atoms with Crippen molar-refractivity contribution < 1.29 is 23.8 Å². The zero-order chi connectivity index (χ0) is 26.5. The predicted octanol–water partition coefficient (Wildman–Crippen LogP) is 5.88. The number of allylic oxidation sites excluding steroid dienone is 4. The van der Waals surface area contributed by atoms with Crippen LogP contribution in [0.25, 0.3) is 10.4 Å². The van der Waals surface area contributed by atoms with Crippen LogP contribution in [0.1, 0.15) is 63.4 Å². The van der Waals surface area contributed by atoms with E-state index in [1.807, 2.05) is 18.2 Å². The fraction of sp³-hybridized carbons (Fsp3) is 0.600. The van der Waals surface area contributed by atoms with E-state index >= 15 is 0 Å². The molecule has 2 fully saturated rings. The van der Waals surface area contributed by atoms with Crippen molar-refractivity contribution in [3.05, 3.63) is 63.1 Å². The Kier molecular flexibility index (Phi) is 8.32. The maximum absolute atomic E-state index is 13.1. The van der Waals surface area contributed by atoms with Crippen LogP contribution in [0.15, 0.2) is 52.2 Å². The molecular weight excluding hydrogens is 482 g/mol. The van der Waals surface area contributed by atoms with Gasteiger partial charge in [-0.25, -0.2) is 0 Å². The number of hydrogen-bond acceptors (Lipinski definition) is 6. The SMILES string of the molecule is C[C@]12C[C@H](c3ccc(OCCOCCOCCN=[N+]=[N-])cc3)C3=C4CCC(=O)C=C4CCC3C1CCC2=O. The predicted molar refractivity (Wildman–Crippen MR) is 143 cm³/mol. The molecule has 5 rings (SSSR count). The molecule has 2 saturated carbocycles. The Labute approximate surface area is 224 Å². The van der Waals surface area contributed by atoms with Gasteiger partial charge in [-0.05, 0) is 84.4 Å². The van der Waals surface area contributed by atoms with E-state index in [0.29, 0.717) is 70.0 Å². The minimum atomic E-state index is -0.260. The van der Waals surface area contributed by atoms with Crippen molar-refractivity contribution in [1.82, 2.24) is 0 Å². The van der Waals surface area contributed by atoms with Gasteiger partial charge in [0, 0.05) is 35.6 Å². The van der Waals surface area contributed by atoms with Gasteiger partial charge >= 0.3 is 0 Å². The fourth-order valence-electron chi connectivity index (χ4n) is 7.22. The summed E-state index contributed by atoms with van der Waals surface area (Å²) >= 11 is 0. The number of fused-ring (bicyclic) bond motifs is 4. The first-order valence-electron chi connectivity index (χ1n) is 13.9. The van der Waals surface area contributed by atoms with Crippen molar-refractivity contribution >= 4 is 11.6 Å². The van der Waals surface area contributed by atoms with Crippen LogP contribution in [0.2, 0.25) is 0 Å². The van der Waals surface area contributed by atoms with Gasteiger partial charge in [0.2, 0.25) is 0 Å². The highest BCUT2D eigenvalue weighted by atomic mass is 16.5. The normalized spacial score (nSPS) is 28.2. The first-order chi connectivity index (χ1) is 18.5. The van der Waals surface area contributed by atoms with Gasteiger partial charge in [-0.15, -0.1) is 0 Å². The number of benzene rings is 1. The molecule has 0 radical (unpaired) electrons. The molecule has 38 heavy (non-hydrogen) atoms. The summed E-state index contributed by atoms with van der Waals surface area (Å²) in [6.07, 6.45) is 7.88. The smallest absolute Gasteiger partial charge is 0.156 e. The molecule has 0 spiro atoms. The number of carbonyl (C=O) groups excluding carboxylic acids is 2. The molecule has 0 N–H and O–H groups in total. The van der Waals surface area contributed by atoms with E-state index < -0.39 is 0 Å². The highest BCUT2D eigenvalue weighted by Crippen LogP contribution is 2.62. The lowest BCUT2D eigenvalue weighted by molar-refractivity contribution is -0.128. The van der Waals surface area contributed by atoms with E-state index in [1.54, 1.807) is 0 Å². The largest absolute Gasteiger partial charge is 0.491 e. The average molecular weight is 520 g/mol. The van der Waals surface area contributed by atoms with Gasteiger partial charge in [0.15, 0.2) is 5.78 Å². The molecule has 0 aromatic heterocycles. The highest BCUT2D eigenvalue weighted by molar-refractivity contribution is 5.93. The Balaban J connectivity index is 1.24. The summed E-state index contributed by atoms with van der Waals surface area (Å²) in [5.74, 6) is 2.53. The third kappa shape index (κ3) is 5.44.